The molecule has 0 aliphatic heterocycles. The van der Waals surface area contributed by atoms with Crippen molar-refractivity contribution in [1.82, 2.24) is 30.5 Å². The third kappa shape index (κ3) is 4.48. The lowest BCUT2D eigenvalue weighted by atomic mass is 10.1. The van der Waals surface area contributed by atoms with Crippen molar-refractivity contribution in [3.05, 3.63) is 76.0 Å². The number of methoxy groups -OCH3 is 1. The Bertz CT molecular complexity index is 1200. The molecule has 0 saturated heterocycles. The fraction of sp³-hybridized carbons (Fsp3) is 0.143. The Balaban J connectivity index is 1.63. The normalized spacial score (nSPS) is 11.7. The molecule has 0 radical (unpaired) electrons. The van der Waals surface area contributed by atoms with Gasteiger partial charge in [-0.2, -0.15) is 10.1 Å². The first-order chi connectivity index (χ1) is 15.0. The van der Waals surface area contributed by atoms with Gasteiger partial charge in [0.05, 0.1) is 7.11 Å². The van der Waals surface area contributed by atoms with E-state index in [9.17, 15) is 9.90 Å². The van der Waals surface area contributed by atoms with Gasteiger partial charge < -0.3 is 15.2 Å². The smallest absolute Gasteiger partial charge is 0.259 e. The van der Waals surface area contributed by atoms with Crippen LogP contribution < -0.4 is 10.1 Å². The zero-order valence-electron chi connectivity index (χ0n) is 16.7. The fourth-order valence-electron chi connectivity index (χ4n) is 2.87. The summed E-state index contributed by atoms with van der Waals surface area (Å²) in [4.78, 5) is 25.6. The molecule has 0 unspecified atom stereocenters. The van der Waals surface area contributed by atoms with E-state index in [2.05, 4.69) is 30.5 Å². The van der Waals surface area contributed by atoms with Gasteiger partial charge in [0.25, 0.3) is 5.91 Å². The van der Waals surface area contributed by atoms with Crippen molar-refractivity contribution in [3.63, 3.8) is 0 Å². The summed E-state index contributed by atoms with van der Waals surface area (Å²) in [5.74, 6) is -0.104. The van der Waals surface area contributed by atoms with Gasteiger partial charge >= 0.3 is 0 Å². The van der Waals surface area contributed by atoms with Gasteiger partial charge in [-0.1, -0.05) is 12.1 Å². The second-order valence-electron chi connectivity index (χ2n) is 6.55. The molecule has 1 atom stereocenters. The second-order valence-corrected chi connectivity index (χ2v) is 7.44. The van der Waals surface area contributed by atoms with Gasteiger partial charge in [0.1, 0.15) is 28.1 Å². The number of aryl methyl sites for hydroxylation is 1. The quantitative estimate of drug-likeness (QED) is 0.475. The van der Waals surface area contributed by atoms with E-state index in [4.69, 9.17) is 4.74 Å². The number of ether oxygens (including phenoxy) is 1. The highest BCUT2D eigenvalue weighted by atomic mass is 32.1. The van der Waals surface area contributed by atoms with Crippen LogP contribution in [0.4, 0.5) is 0 Å². The maximum atomic E-state index is 13.0. The molecule has 0 aliphatic rings. The number of aromatic nitrogens is 5. The van der Waals surface area contributed by atoms with Crippen LogP contribution in [-0.4, -0.2) is 43.3 Å². The minimum atomic E-state index is -0.531. The molecule has 1 amide bonds. The molecule has 0 fully saturated rings. The SMILES string of the molecule is COc1ccc([C@H](NC(=O)c2cnc(-c3cccnn3)nc2O)c2nc(C)cs2)cc1. The molecule has 4 aromatic rings. The minimum Gasteiger partial charge on any atom is -0.497 e. The number of thiazole rings is 1. The average molecular weight is 434 g/mol. The van der Waals surface area contributed by atoms with Crippen LogP contribution in [0, 0.1) is 6.92 Å². The van der Waals surface area contributed by atoms with E-state index in [0.717, 1.165) is 11.3 Å². The van der Waals surface area contributed by atoms with Crippen molar-refractivity contribution in [1.29, 1.82) is 0 Å². The number of carbonyl (C=O) groups excluding carboxylic acids is 1. The molecule has 4 rings (SSSR count). The van der Waals surface area contributed by atoms with Crippen molar-refractivity contribution < 1.29 is 14.6 Å². The first-order valence-corrected chi connectivity index (χ1v) is 10.1. The van der Waals surface area contributed by atoms with Gasteiger partial charge in [0.2, 0.25) is 5.88 Å². The molecule has 3 heterocycles. The Morgan fingerprint density at radius 1 is 1.19 bits per heavy atom. The molecule has 0 spiro atoms. The number of hydrogen-bond acceptors (Lipinski definition) is 9. The molecule has 3 aromatic heterocycles. The molecule has 9 nitrogen and oxygen atoms in total. The standard InChI is InChI=1S/C21H18N6O3S/c1-12-11-31-21(24-12)17(13-5-7-14(30-2)8-6-13)25-19(28)15-10-22-18(26-20(15)29)16-4-3-9-23-27-16/h3-11,17H,1-2H3,(H,25,28)(H,22,26,29)/t17-/m0/s1. The van der Waals surface area contributed by atoms with E-state index in [1.807, 2.05) is 36.6 Å². The lowest BCUT2D eigenvalue weighted by Crippen LogP contribution is -2.29. The zero-order valence-corrected chi connectivity index (χ0v) is 17.5. The highest BCUT2D eigenvalue weighted by molar-refractivity contribution is 7.09. The Morgan fingerprint density at radius 3 is 2.61 bits per heavy atom. The van der Waals surface area contributed by atoms with Gasteiger partial charge in [-0.05, 0) is 36.8 Å². The highest BCUT2D eigenvalue weighted by Crippen LogP contribution is 2.28. The predicted molar refractivity (Wildman–Crippen MR) is 114 cm³/mol. The van der Waals surface area contributed by atoms with Gasteiger partial charge in [0.15, 0.2) is 5.82 Å². The van der Waals surface area contributed by atoms with Crippen molar-refractivity contribution in [2.75, 3.05) is 7.11 Å². The van der Waals surface area contributed by atoms with Gasteiger partial charge in [0, 0.05) is 23.5 Å². The summed E-state index contributed by atoms with van der Waals surface area (Å²) >= 11 is 1.44. The topological polar surface area (TPSA) is 123 Å². The van der Waals surface area contributed by atoms with Crippen LogP contribution in [0.15, 0.2) is 54.2 Å². The monoisotopic (exact) mass is 434 g/mol. The number of benzene rings is 1. The molecule has 0 bridgehead atoms. The molecule has 0 aliphatic carbocycles. The molecule has 1 aromatic carbocycles. The molecule has 2 N–H and O–H groups in total. The van der Waals surface area contributed by atoms with Crippen LogP contribution in [0.1, 0.15) is 32.7 Å². The van der Waals surface area contributed by atoms with Crippen molar-refractivity contribution in [2.24, 2.45) is 0 Å². The number of aromatic hydroxyl groups is 1. The molecule has 156 valence electrons. The zero-order chi connectivity index (χ0) is 21.8. The third-order valence-electron chi connectivity index (χ3n) is 4.42. The number of nitrogens with one attached hydrogen (secondary N) is 1. The summed E-state index contributed by atoms with van der Waals surface area (Å²) in [6.07, 6.45) is 2.78. The van der Waals surface area contributed by atoms with E-state index >= 15 is 0 Å². The average Bonchev–Trinajstić information content (AvgIpc) is 3.24. The second kappa shape index (κ2) is 8.84. The van der Waals surface area contributed by atoms with Crippen LogP contribution in [0.25, 0.3) is 11.5 Å². The molecular formula is C21H18N6O3S. The Labute approximate surface area is 181 Å². The largest absolute Gasteiger partial charge is 0.497 e. The summed E-state index contributed by atoms with van der Waals surface area (Å²) < 4.78 is 5.21. The van der Waals surface area contributed by atoms with Gasteiger partial charge in [-0.3, -0.25) is 4.79 Å². The number of amides is 1. The summed E-state index contributed by atoms with van der Waals surface area (Å²) in [5, 5.41) is 23.6. The van der Waals surface area contributed by atoms with Gasteiger partial charge in [-0.25, -0.2) is 9.97 Å². The molecule has 31 heavy (non-hydrogen) atoms. The van der Waals surface area contributed by atoms with Crippen LogP contribution in [0.3, 0.4) is 0 Å². The van der Waals surface area contributed by atoms with E-state index in [-0.39, 0.29) is 11.4 Å². The van der Waals surface area contributed by atoms with Crippen LogP contribution in [-0.2, 0) is 0 Å². The van der Waals surface area contributed by atoms with Crippen LogP contribution in [0.5, 0.6) is 11.6 Å². The number of carbonyl (C=O) groups is 1. The van der Waals surface area contributed by atoms with E-state index in [1.165, 1.54) is 23.7 Å². The summed E-state index contributed by atoms with van der Waals surface area (Å²) in [6, 6.07) is 10.2. The lowest BCUT2D eigenvalue weighted by Gasteiger charge is -2.18. The fourth-order valence-corrected chi connectivity index (χ4v) is 3.75. The maximum absolute atomic E-state index is 13.0. The summed E-state index contributed by atoms with van der Waals surface area (Å²) in [5.41, 5.74) is 2.01. The number of nitrogens with zero attached hydrogens (tertiary/aromatic N) is 5. The van der Waals surface area contributed by atoms with Gasteiger partial charge in [-0.15, -0.1) is 16.4 Å². The molecule has 0 saturated carbocycles. The van der Waals surface area contributed by atoms with Crippen LogP contribution >= 0.6 is 11.3 Å². The molecular weight excluding hydrogens is 416 g/mol. The van der Waals surface area contributed by atoms with Crippen molar-refractivity contribution in [3.8, 4) is 23.1 Å². The summed E-state index contributed by atoms with van der Waals surface area (Å²) in [6.45, 7) is 1.89. The number of hydrogen-bond donors (Lipinski definition) is 2. The predicted octanol–water partition coefficient (Wildman–Crippen LogP) is 2.93. The first kappa shape index (κ1) is 20.4. The summed E-state index contributed by atoms with van der Waals surface area (Å²) in [7, 11) is 1.59. The first-order valence-electron chi connectivity index (χ1n) is 9.26. The van der Waals surface area contributed by atoms with E-state index in [0.29, 0.717) is 16.5 Å². The Hall–Kier alpha value is -3.92. The minimum absolute atomic E-state index is 0.0561. The Morgan fingerprint density at radius 2 is 2.00 bits per heavy atom. The highest BCUT2D eigenvalue weighted by Gasteiger charge is 2.23. The van der Waals surface area contributed by atoms with Crippen molar-refractivity contribution >= 4 is 17.2 Å². The third-order valence-corrected chi connectivity index (χ3v) is 5.45. The maximum Gasteiger partial charge on any atom is 0.259 e. The van der Waals surface area contributed by atoms with Crippen LogP contribution in [0.2, 0.25) is 0 Å². The van der Waals surface area contributed by atoms with E-state index in [1.54, 1.807) is 19.2 Å². The molecule has 10 heteroatoms. The Kier molecular flexibility index (Phi) is 5.80. The van der Waals surface area contributed by atoms with E-state index < -0.39 is 17.8 Å². The number of rotatable bonds is 6. The lowest BCUT2D eigenvalue weighted by molar-refractivity contribution is 0.0939. The van der Waals surface area contributed by atoms with Crippen molar-refractivity contribution in [2.45, 2.75) is 13.0 Å².